The minimum Gasteiger partial charge on any atom is -0.466 e. The lowest BCUT2D eigenvalue weighted by Crippen LogP contribution is -2.54. The van der Waals surface area contributed by atoms with Crippen molar-refractivity contribution in [2.45, 2.75) is 65.3 Å². The van der Waals surface area contributed by atoms with Crippen LogP contribution in [0.15, 0.2) is 0 Å². The van der Waals surface area contributed by atoms with Crippen LogP contribution in [0.25, 0.3) is 0 Å². The Morgan fingerprint density at radius 3 is 2.47 bits per heavy atom. The molecule has 1 aliphatic carbocycles. The van der Waals surface area contributed by atoms with Gasteiger partial charge in [0.05, 0.1) is 13.0 Å². The van der Waals surface area contributed by atoms with Gasteiger partial charge in [0.25, 0.3) is 0 Å². The molecule has 0 aromatic carbocycles. The van der Waals surface area contributed by atoms with E-state index in [9.17, 15) is 4.79 Å². The monoisotopic (exact) mass is 241 g/mol. The molecule has 0 aromatic heterocycles. The van der Waals surface area contributed by atoms with Crippen molar-refractivity contribution in [2.24, 2.45) is 5.41 Å². The SMILES string of the molecule is CCCNC1(CC(=O)OCC)CCCC1(C)C. The summed E-state index contributed by atoms with van der Waals surface area (Å²) in [5.74, 6) is -0.0638. The van der Waals surface area contributed by atoms with Crippen molar-refractivity contribution >= 4 is 5.97 Å². The molecule has 1 fully saturated rings. The number of hydrogen-bond donors (Lipinski definition) is 1. The van der Waals surface area contributed by atoms with Gasteiger partial charge in [-0.15, -0.1) is 0 Å². The van der Waals surface area contributed by atoms with Crippen molar-refractivity contribution < 1.29 is 9.53 Å². The van der Waals surface area contributed by atoms with Crippen LogP contribution >= 0.6 is 0 Å². The molecule has 3 nitrogen and oxygen atoms in total. The molecule has 0 spiro atoms. The Labute approximate surface area is 105 Å². The van der Waals surface area contributed by atoms with Crippen LogP contribution in [0, 0.1) is 5.41 Å². The van der Waals surface area contributed by atoms with Crippen molar-refractivity contribution in [3.63, 3.8) is 0 Å². The summed E-state index contributed by atoms with van der Waals surface area (Å²) in [5, 5.41) is 3.62. The van der Waals surface area contributed by atoms with Crippen molar-refractivity contribution in [1.82, 2.24) is 5.32 Å². The van der Waals surface area contributed by atoms with Crippen LogP contribution in [-0.4, -0.2) is 24.7 Å². The third kappa shape index (κ3) is 3.21. The molecule has 0 aromatic rings. The van der Waals surface area contributed by atoms with E-state index in [1.807, 2.05) is 6.92 Å². The van der Waals surface area contributed by atoms with Gasteiger partial charge in [-0.3, -0.25) is 4.79 Å². The molecule has 1 rings (SSSR count). The van der Waals surface area contributed by atoms with E-state index in [4.69, 9.17) is 4.74 Å². The molecule has 1 N–H and O–H groups in total. The van der Waals surface area contributed by atoms with Crippen molar-refractivity contribution in [1.29, 1.82) is 0 Å². The van der Waals surface area contributed by atoms with Gasteiger partial charge in [-0.05, 0) is 38.1 Å². The molecule has 1 aliphatic rings. The maximum Gasteiger partial charge on any atom is 0.307 e. The largest absolute Gasteiger partial charge is 0.466 e. The maximum atomic E-state index is 11.8. The van der Waals surface area contributed by atoms with E-state index < -0.39 is 0 Å². The van der Waals surface area contributed by atoms with E-state index in [0.29, 0.717) is 13.0 Å². The number of carbonyl (C=O) groups excluding carboxylic acids is 1. The van der Waals surface area contributed by atoms with Crippen LogP contribution in [0.3, 0.4) is 0 Å². The molecule has 0 bridgehead atoms. The minimum atomic E-state index is -0.0638. The first-order valence-corrected chi connectivity index (χ1v) is 6.88. The molecule has 0 radical (unpaired) electrons. The Kier molecular flexibility index (Phi) is 4.99. The van der Waals surface area contributed by atoms with Gasteiger partial charge in [0, 0.05) is 5.54 Å². The normalized spacial score (nSPS) is 27.1. The Hall–Kier alpha value is -0.570. The molecule has 0 heterocycles. The molecular weight excluding hydrogens is 214 g/mol. The van der Waals surface area contributed by atoms with E-state index in [0.717, 1.165) is 19.4 Å². The lowest BCUT2D eigenvalue weighted by atomic mass is 9.72. The lowest BCUT2D eigenvalue weighted by Gasteiger charge is -2.42. The predicted molar refractivity (Wildman–Crippen MR) is 69.9 cm³/mol. The highest BCUT2D eigenvalue weighted by Crippen LogP contribution is 2.48. The Bertz CT molecular complexity index is 263. The molecule has 0 amide bonds. The van der Waals surface area contributed by atoms with Crippen LogP contribution in [0.1, 0.15) is 59.8 Å². The van der Waals surface area contributed by atoms with Gasteiger partial charge in [0.1, 0.15) is 0 Å². The number of ether oxygens (including phenoxy) is 1. The van der Waals surface area contributed by atoms with Gasteiger partial charge >= 0.3 is 5.97 Å². The summed E-state index contributed by atoms with van der Waals surface area (Å²) in [4.78, 5) is 11.8. The van der Waals surface area contributed by atoms with Gasteiger partial charge in [-0.25, -0.2) is 0 Å². The molecule has 1 saturated carbocycles. The first kappa shape index (κ1) is 14.5. The molecule has 100 valence electrons. The fourth-order valence-corrected chi connectivity index (χ4v) is 2.95. The zero-order valence-electron chi connectivity index (χ0n) is 11.8. The average molecular weight is 241 g/mol. The highest BCUT2D eigenvalue weighted by atomic mass is 16.5. The summed E-state index contributed by atoms with van der Waals surface area (Å²) in [6, 6.07) is 0. The summed E-state index contributed by atoms with van der Waals surface area (Å²) in [5.41, 5.74) is 0.115. The third-order valence-corrected chi connectivity index (χ3v) is 4.17. The summed E-state index contributed by atoms with van der Waals surface area (Å²) in [6.45, 7) is 10.0. The number of nitrogens with one attached hydrogen (secondary N) is 1. The molecule has 17 heavy (non-hydrogen) atoms. The maximum absolute atomic E-state index is 11.8. The number of hydrogen-bond acceptors (Lipinski definition) is 3. The topological polar surface area (TPSA) is 38.3 Å². The molecule has 0 saturated heterocycles. The van der Waals surface area contributed by atoms with E-state index in [1.54, 1.807) is 0 Å². The fourth-order valence-electron chi connectivity index (χ4n) is 2.95. The van der Waals surface area contributed by atoms with Gasteiger partial charge in [0.15, 0.2) is 0 Å². The highest BCUT2D eigenvalue weighted by Gasteiger charge is 2.49. The van der Waals surface area contributed by atoms with Gasteiger partial charge in [0.2, 0.25) is 0 Å². The molecule has 1 atom stereocenters. The summed E-state index contributed by atoms with van der Waals surface area (Å²) in [7, 11) is 0. The Morgan fingerprint density at radius 2 is 2.00 bits per heavy atom. The van der Waals surface area contributed by atoms with Crippen LogP contribution < -0.4 is 5.32 Å². The molecule has 0 aliphatic heterocycles. The molecule has 3 heteroatoms. The van der Waals surface area contributed by atoms with E-state index in [2.05, 4.69) is 26.1 Å². The Balaban J connectivity index is 2.75. The smallest absolute Gasteiger partial charge is 0.307 e. The molecular formula is C14H27NO2. The minimum absolute atomic E-state index is 0.0603. The van der Waals surface area contributed by atoms with Crippen molar-refractivity contribution in [3.05, 3.63) is 0 Å². The zero-order chi connectivity index (χ0) is 12.9. The first-order valence-electron chi connectivity index (χ1n) is 6.88. The zero-order valence-corrected chi connectivity index (χ0v) is 11.8. The second-order valence-corrected chi connectivity index (χ2v) is 5.73. The third-order valence-electron chi connectivity index (χ3n) is 4.17. The van der Waals surface area contributed by atoms with E-state index in [1.165, 1.54) is 12.8 Å². The first-order chi connectivity index (χ1) is 7.97. The van der Waals surface area contributed by atoms with Crippen LogP contribution in [0.5, 0.6) is 0 Å². The standard InChI is InChI=1S/C14H27NO2/c1-5-10-15-14(11-12(16)17-6-2)9-7-8-13(14,3)4/h15H,5-11H2,1-4H3. The van der Waals surface area contributed by atoms with Gasteiger partial charge < -0.3 is 10.1 Å². The second kappa shape index (κ2) is 5.85. The van der Waals surface area contributed by atoms with E-state index >= 15 is 0 Å². The lowest BCUT2D eigenvalue weighted by molar-refractivity contribution is -0.146. The number of carbonyl (C=O) groups is 1. The highest BCUT2D eigenvalue weighted by molar-refractivity contribution is 5.71. The average Bonchev–Trinajstić information content (AvgIpc) is 2.52. The fraction of sp³-hybridized carbons (Fsp3) is 0.929. The van der Waals surface area contributed by atoms with Crippen molar-refractivity contribution in [3.8, 4) is 0 Å². The number of esters is 1. The van der Waals surface area contributed by atoms with Gasteiger partial charge in [-0.1, -0.05) is 27.2 Å². The predicted octanol–water partition coefficient (Wildman–Crippen LogP) is 2.89. The van der Waals surface area contributed by atoms with Crippen LogP contribution in [0.4, 0.5) is 0 Å². The number of rotatable bonds is 6. The quantitative estimate of drug-likeness (QED) is 0.727. The van der Waals surface area contributed by atoms with Crippen molar-refractivity contribution in [2.75, 3.05) is 13.2 Å². The second-order valence-electron chi connectivity index (χ2n) is 5.73. The van der Waals surface area contributed by atoms with E-state index in [-0.39, 0.29) is 16.9 Å². The van der Waals surface area contributed by atoms with Crippen LogP contribution in [0.2, 0.25) is 0 Å². The van der Waals surface area contributed by atoms with Crippen LogP contribution in [-0.2, 0) is 9.53 Å². The summed E-state index contributed by atoms with van der Waals surface area (Å²) in [6.07, 6.45) is 5.07. The Morgan fingerprint density at radius 1 is 1.29 bits per heavy atom. The van der Waals surface area contributed by atoms with Gasteiger partial charge in [-0.2, -0.15) is 0 Å². The summed E-state index contributed by atoms with van der Waals surface area (Å²) >= 11 is 0. The molecule has 1 unspecified atom stereocenters. The summed E-state index contributed by atoms with van der Waals surface area (Å²) < 4.78 is 5.12.